The monoisotopic (exact) mass is 582 g/mol. The van der Waals surface area contributed by atoms with E-state index in [2.05, 4.69) is 20.6 Å². The quantitative estimate of drug-likeness (QED) is 0.0810. The third-order valence-electron chi connectivity index (χ3n) is 5.97. The number of amides is 2. The van der Waals surface area contributed by atoms with Gasteiger partial charge in [0, 0.05) is 24.2 Å². The summed E-state index contributed by atoms with van der Waals surface area (Å²) in [6.07, 6.45) is 3.59. The van der Waals surface area contributed by atoms with Gasteiger partial charge in [-0.15, -0.1) is 0 Å². The van der Waals surface area contributed by atoms with Crippen molar-refractivity contribution in [3.63, 3.8) is 0 Å². The number of nitrogens with one attached hydrogen (secondary N) is 2. The average Bonchev–Trinajstić information content (AvgIpc) is 2.94. The summed E-state index contributed by atoms with van der Waals surface area (Å²) < 4.78 is 10.3. The lowest BCUT2D eigenvalue weighted by Gasteiger charge is -2.22. The maximum atomic E-state index is 12.1. The summed E-state index contributed by atoms with van der Waals surface area (Å²) >= 11 is 0. The minimum absolute atomic E-state index is 0.00707. The molecule has 0 aliphatic rings. The van der Waals surface area contributed by atoms with Crippen LogP contribution in [0, 0.1) is 13.8 Å². The van der Waals surface area contributed by atoms with Gasteiger partial charge in [0.05, 0.1) is 24.6 Å². The van der Waals surface area contributed by atoms with Crippen LogP contribution in [0.25, 0.3) is 0 Å². The molecule has 224 valence electrons. The van der Waals surface area contributed by atoms with E-state index < -0.39 is 23.8 Å². The van der Waals surface area contributed by atoms with Crippen LogP contribution in [0.2, 0.25) is 0 Å². The predicted molar refractivity (Wildman–Crippen MR) is 152 cm³/mol. The number of benzene rings is 2. The van der Waals surface area contributed by atoms with Crippen LogP contribution in [0.5, 0.6) is 0 Å². The van der Waals surface area contributed by atoms with E-state index in [-0.39, 0.29) is 26.1 Å². The summed E-state index contributed by atoms with van der Waals surface area (Å²) in [6.45, 7) is 6.92. The number of carbonyl (C=O) groups excluding carboxylic acids is 5. The Morgan fingerprint density at radius 2 is 1.31 bits per heavy atom. The van der Waals surface area contributed by atoms with Gasteiger partial charge in [-0.2, -0.15) is 14.9 Å². The molecular weight excluding hydrogens is 548 g/mol. The summed E-state index contributed by atoms with van der Waals surface area (Å²) in [4.78, 5) is 74.5. The Kier molecular flexibility index (Phi) is 13.6. The van der Waals surface area contributed by atoms with E-state index in [0.29, 0.717) is 53.1 Å². The molecule has 0 heterocycles. The molecule has 0 fully saturated rings. The number of isocyanates is 2. The van der Waals surface area contributed by atoms with Gasteiger partial charge in [0.1, 0.15) is 5.60 Å². The third-order valence-corrected chi connectivity index (χ3v) is 5.97. The molecule has 0 aliphatic heterocycles. The lowest BCUT2D eigenvalue weighted by Crippen LogP contribution is -2.29. The summed E-state index contributed by atoms with van der Waals surface area (Å²) in [6, 6.07) is 9.83. The summed E-state index contributed by atoms with van der Waals surface area (Å²) in [7, 11) is 0. The number of hydrogen-bond acceptors (Lipinski definition) is 11. The van der Waals surface area contributed by atoms with Gasteiger partial charge >= 0.3 is 18.2 Å². The standard InChI is InChI=1S/C29H34N4O9/c1-20-22(30-18-34)10-8-12-24(20)32-27(37)39-16-7-5-6-14-26(36)41-42-29(3,4)15-17-40-28(38)33-25-13-9-11-23(21(25)2)31-19-35/h8-13H,5-7,14-17H2,1-4H3,(H,32,37)(H,33,38). The fourth-order valence-corrected chi connectivity index (χ4v) is 3.50. The molecule has 0 saturated heterocycles. The van der Waals surface area contributed by atoms with E-state index in [1.54, 1.807) is 64.1 Å². The fourth-order valence-electron chi connectivity index (χ4n) is 3.50. The molecule has 0 aliphatic carbocycles. The Labute approximate surface area is 243 Å². The van der Waals surface area contributed by atoms with Crippen molar-refractivity contribution < 1.29 is 43.2 Å². The van der Waals surface area contributed by atoms with Gasteiger partial charge in [0.25, 0.3) is 0 Å². The van der Waals surface area contributed by atoms with Gasteiger partial charge in [-0.1, -0.05) is 12.1 Å². The highest BCUT2D eigenvalue weighted by Gasteiger charge is 2.23. The van der Waals surface area contributed by atoms with Crippen molar-refractivity contribution in [1.29, 1.82) is 0 Å². The normalized spacial score (nSPS) is 10.5. The van der Waals surface area contributed by atoms with Gasteiger partial charge < -0.3 is 9.47 Å². The minimum Gasteiger partial charge on any atom is -0.449 e. The zero-order valence-corrected chi connectivity index (χ0v) is 24.0. The Bertz CT molecular complexity index is 1350. The topological polar surface area (TPSA) is 171 Å². The Hall–Kier alpha value is -4.83. The first-order valence-electron chi connectivity index (χ1n) is 13.2. The van der Waals surface area contributed by atoms with Crippen LogP contribution in [0.3, 0.4) is 0 Å². The van der Waals surface area contributed by atoms with Crippen LogP contribution in [-0.2, 0) is 33.6 Å². The summed E-state index contributed by atoms with van der Waals surface area (Å²) in [5.74, 6) is -0.554. The van der Waals surface area contributed by atoms with Gasteiger partial charge in [-0.3, -0.25) is 15.5 Å². The molecule has 13 nitrogen and oxygen atoms in total. The number of anilines is 2. The van der Waals surface area contributed by atoms with Gasteiger partial charge in [-0.05, 0) is 82.3 Å². The second-order valence-corrected chi connectivity index (χ2v) is 9.69. The number of ether oxygens (including phenoxy) is 2. The Morgan fingerprint density at radius 3 is 1.83 bits per heavy atom. The maximum absolute atomic E-state index is 12.1. The number of aliphatic imine (C=N–C) groups is 2. The first kappa shape index (κ1) is 33.4. The maximum Gasteiger partial charge on any atom is 0.411 e. The zero-order chi connectivity index (χ0) is 31.0. The van der Waals surface area contributed by atoms with Crippen molar-refractivity contribution in [2.24, 2.45) is 9.98 Å². The SMILES string of the molecule is Cc1c(N=C=O)cccc1NC(=O)OCCCCCC(=O)OOC(C)(C)CCOC(=O)Nc1cccc(N=C=O)c1C. The van der Waals surface area contributed by atoms with Crippen LogP contribution >= 0.6 is 0 Å². The molecule has 0 atom stereocenters. The second-order valence-electron chi connectivity index (χ2n) is 9.69. The summed E-state index contributed by atoms with van der Waals surface area (Å²) in [5.41, 5.74) is 1.99. The molecule has 0 spiro atoms. The first-order valence-corrected chi connectivity index (χ1v) is 13.2. The van der Waals surface area contributed by atoms with E-state index in [1.807, 2.05) is 0 Å². The molecule has 2 aromatic rings. The van der Waals surface area contributed by atoms with E-state index in [9.17, 15) is 24.0 Å². The molecule has 2 N–H and O–H groups in total. The van der Waals surface area contributed by atoms with Crippen molar-refractivity contribution in [2.45, 2.75) is 65.4 Å². The Balaban J connectivity index is 1.59. The molecule has 2 aromatic carbocycles. The van der Waals surface area contributed by atoms with Crippen LogP contribution in [0.4, 0.5) is 32.3 Å². The number of unbranched alkanes of at least 4 members (excludes halogenated alkanes) is 2. The molecule has 0 aromatic heterocycles. The highest BCUT2D eigenvalue weighted by atomic mass is 17.2. The van der Waals surface area contributed by atoms with Crippen molar-refractivity contribution in [2.75, 3.05) is 23.8 Å². The summed E-state index contributed by atoms with van der Waals surface area (Å²) in [5, 5.41) is 5.19. The smallest absolute Gasteiger partial charge is 0.411 e. The van der Waals surface area contributed by atoms with E-state index in [0.717, 1.165) is 0 Å². The molecule has 0 bridgehead atoms. The van der Waals surface area contributed by atoms with Crippen LogP contribution in [0.1, 0.15) is 57.1 Å². The van der Waals surface area contributed by atoms with Crippen molar-refractivity contribution in [3.05, 3.63) is 47.5 Å². The second kappa shape index (κ2) is 17.1. The molecule has 42 heavy (non-hydrogen) atoms. The van der Waals surface area contributed by atoms with Crippen molar-refractivity contribution in [3.8, 4) is 0 Å². The number of rotatable bonds is 15. The van der Waals surface area contributed by atoms with E-state index >= 15 is 0 Å². The van der Waals surface area contributed by atoms with E-state index in [4.69, 9.17) is 19.2 Å². The molecule has 2 rings (SSSR count). The highest BCUT2D eigenvalue weighted by Crippen LogP contribution is 2.26. The first-order chi connectivity index (χ1) is 20.1. The van der Waals surface area contributed by atoms with Gasteiger partial charge in [0.2, 0.25) is 12.2 Å². The van der Waals surface area contributed by atoms with Gasteiger partial charge in [0.15, 0.2) is 0 Å². The largest absolute Gasteiger partial charge is 0.449 e. The van der Waals surface area contributed by atoms with Gasteiger partial charge in [-0.25, -0.2) is 24.0 Å². The number of nitrogens with zero attached hydrogens (tertiary/aromatic N) is 2. The predicted octanol–water partition coefficient (Wildman–Crippen LogP) is 6.24. The fraction of sp³-hybridized carbons (Fsp3) is 0.414. The molecule has 0 radical (unpaired) electrons. The van der Waals surface area contributed by atoms with Crippen molar-refractivity contribution in [1.82, 2.24) is 0 Å². The molecule has 0 saturated carbocycles. The lowest BCUT2D eigenvalue weighted by atomic mass is 10.1. The molecule has 0 unspecified atom stereocenters. The highest BCUT2D eigenvalue weighted by molar-refractivity contribution is 5.87. The van der Waals surface area contributed by atoms with E-state index in [1.165, 1.54) is 12.2 Å². The van der Waals surface area contributed by atoms with Crippen LogP contribution in [0.15, 0.2) is 46.4 Å². The molecule has 13 heteroatoms. The number of carbonyl (C=O) groups is 3. The molecular formula is C29H34N4O9. The average molecular weight is 583 g/mol. The minimum atomic E-state index is -0.914. The lowest BCUT2D eigenvalue weighted by molar-refractivity contribution is -0.327. The van der Waals surface area contributed by atoms with Crippen LogP contribution < -0.4 is 10.6 Å². The van der Waals surface area contributed by atoms with Crippen molar-refractivity contribution >= 4 is 53.1 Å². The number of hydrogen-bond donors (Lipinski definition) is 2. The Morgan fingerprint density at radius 1 is 0.786 bits per heavy atom. The third kappa shape index (κ3) is 11.7. The van der Waals surface area contributed by atoms with Crippen LogP contribution in [-0.4, -0.2) is 49.1 Å². The zero-order valence-electron chi connectivity index (χ0n) is 24.0. The molecule has 2 amide bonds.